The fraction of sp³-hybridized carbons (Fsp3) is 0.310. The molecule has 0 unspecified atom stereocenters. The van der Waals surface area contributed by atoms with Crippen molar-refractivity contribution in [2.45, 2.75) is 25.3 Å². The first-order valence-electron chi connectivity index (χ1n) is 12.7. The Kier molecular flexibility index (Phi) is 7.67. The molecule has 2 aromatic carbocycles. The molecule has 0 aliphatic carbocycles. The number of piperidine rings is 1. The zero-order chi connectivity index (χ0) is 27.5. The number of carbonyl (C=O) groups is 1. The van der Waals surface area contributed by atoms with Crippen LogP contribution in [0, 0.1) is 5.82 Å². The molecule has 9 nitrogen and oxygen atoms in total. The van der Waals surface area contributed by atoms with Gasteiger partial charge in [0.2, 0.25) is 0 Å². The van der Waals surface area contributed by atoms with Gasteiger partial charge in [-0.3, -0.25) is 14.2 Å². The van der Waals surface area contributed by atoms with Crippen molar-refractivity contribution in [1.29, 1.82) is 0 Å². The molecule has 0 spiro atoms. The summed E-state index contributed by atoms with van der Waals surface area (Å²) in [5, 5.41) is 9.54. The Morgan fingerprint density at radius 1 is 1.08 bits per heavy atom. The maximum absolute atomic E-state index is 14.2. The van der Waals surface area contributed by atoms with Crippen molar-refractivity contribution in [3.8, 4) is 28.4 Å². The normalized spacial score (nSPS) is 14.5. The Morgan fingerprint density at radius 2 is 1.82 bits per heavy atom. The lowest BCUT2D eigenvalue weighted by molar-refractivity contribution is -0.137. The third-order valence-corrected chi connectivity index (χ3v) is 7.01. The zero-order valence-corrected chi connectivity index (χ0v) is 21.8. The molecule has 1 N–H and O–H groups in total. The van der Waals surface area contributed by atoms with Gasteiger partial charge in [0.15, 0.2) is 12.3 Å². The molecule has 1 aliphatic rings. The van der Waals surface area contributed by atoms with E-state index >= 15 is 0 Å². The van der Waals surface area contributed by atoms with Gasteiger partial charge in [-0.2, -0.15) is 0 Å². The molecule has 0 amide bonds. The van der Waals surface area contributed by atoms with Gasteiger partial charge < -0.3 is 19.5 Å². The van der Waals surface area contributed by atoms with Crippen LogP contribution in [0.1, 0.15) is 24.3 Å². The van der Waals surface area contributed by atoms with Crippen molar-refractivity contribution in [2.24, 2.45) is 0 Å². The molecular formula is C29H29FN4O5. The number of nitrogens with zero attached hydrogens (tertiary/aromatic N) is 4. The quantitative estimate of drug-likeness (QED) is 0.338. The number of hydrogen-bond donors (Lipinski definition) is 1. The van der Waals surface area contributed by atoms with Gasteiger partial charge in [-0.15, -0.1) is 0 Å². The minimum absolute atomic E-state index is 0.0210. The number of carboxylic acids is 1. The average Bonchev–Trinajstić information content (AvgIpc) is 2.94. The highest BCUT2D eigenvalue weighted by Gasteiger charge is 2.21. The molecule has 0 radical (unpaired) electrons. The van der Waals surface area contributed by atoms with E-state index in [2.05, 4.69) is 34.0 Å². The number of fused-ring (bicyclic) bond motifs is 1. The third-order valence-electron chi connectivity index (χ3n) is 7.01. The summed E-state index contributed by atoms with van der Waals surface area (Å²) in [6.07, 6.45) is 2.23. The number of aliphatic carboxylic acids is 1. The average molecular weight is 533 g/mol. The predicted molar refractivity (Wildman–Crippen MR) is 144 cm³/mol. The SMILES string of the molecule is COCOc1ccc(F)cc1-c1nc2ccc(-c3ccc(C4CCN(C)CC4)cc3)nc2c(=O)n1CC(=O)O. The number of ether oxygens (including phenoxy) is 2. The highest BCUT2D eigenvalue weighted by atomic mass is 19.1. The van der Waals surface area contributed by atoms with Crippen LogP contribution in [0.3, 0.4) is 0 Å². The molecule has 1 fully saturated rings. The van der Waals surface area contributed by atoms with E-state index in [1.165, 1.54) is 24.8 Å². The molecule has 202 valence electrons. The second-order valence-corrected chi connectivity index (χ2v) is 9.68. The Bertz CT molecular complexity index is 1560. The van der Waals surface area contributed by atoms with Gasteiger partial charge in [0, 0.05) is 12.7 Å². The van der Waals surface area contributed by atoms with Crippen molar-refractivity contribution in [2.75, 3.05) is 34.0 Å². The van der Waals surface area contributed by atoms with Crippen LogP contribution >= 0.6 is 0 Å². The lowest BCUT2D eigenvalue weighted by Gasteiger charge is -2.29. The molecule has 4 aromatic rings. The standard InChI is InChI=1S/C29H29FN4O5/c1-33-13-11-19(12-14-33)18-3-5-20(6-4-18)23-8-9-24-27(31-23)29(37)34(16-26(35)36)28(32-24)22-15-21(30)7-10-25(22)39-17-38-2/h3-10,15,19H,11-14,16-17H2,1-2H3,(H,35,36). The summed E-state index contributed by atoms with van der Waals surface area (Å²) in [5.74, 6) is -1.18. The summed E-state index contributed by atoms with van der Waals surface area (Å²) < 4.78 is 25.7. The zero-order valence-electron chi connectivity index (χ0n) is 21.8. The van der Waals surface area contributed by atoms with Crippen molar-refractivity contribution in [3.05, 3.63) is 76.3 Å². The number of benzene rings is 2. The lowest BCUT2D eigenvalue weighted by Crippen LogP contribution is -2.29. The molecule has 5 rings (SSSR count). The third kappa shape index (κ3) is 5.67. The number of aromatic nitrogens is 3. The number of halogens is 1. The van der Waals surface area contributed by atoms with E-state index in [-0.39, 0.29) is 35.0 Å². The minimum Gasteiger partial charge on any atom is -0.480 e. The predicted octanol–water partition coefficient (Wildman–Crippen LogP) is 4.14. The molecule has 39 heavy (non-hydrogen) atoms. The van der Waals surface area contributed by atoms with E-state index in [9.17, 15) is 19.1 Å². The van der Waals surface area contributed by atoms with E-state index in [4.69, 9.17) is 9.47 Å². The van der Waals surface area contributed by atoms with E-state index in [0.29, 0.717) is 11.6 Å². The highest BCUT2D eigenvalue weighted by Crippen LogP contribution is 2.32. The Hall–Kier alpha value is -4.15. The van der Waals surface area contributed by atoms with Crippen molar-refractivity contribution in [3.63, 3.8) is 0 Å². The van der Waals surface area contributed by atoms with Crippen LogP contribution in [0.2, 0.25) is 0 Å². The summed E-state index contributed by atoms with van der Waals surface area (Å²) in [6, 6.07) is 15.3. The second kappa shape index (κ2) is 11.3. The summed E-state index contributed by atoms with van der Waals surface area (Å²) >= 11 is 0. The number of carboxylic acid groups (broad SMARTS) is 1. The van der Waals surface area contributed by atoms with Gasteiger partial charge in [-0.25, -0.2) is 14.4 Å². The summed E-state index contributed by atoms with van der Waals surface area (Å²) in [6.45, 7) is 1.34. The van der Waals surface area contributed by atoms with Gasteiger partial charge in [0.25, 0.3) is 5.56 Å². The summed E-state index contributed by atoms with van der Waals surface area (Å²) in [5.41, 5.74) is 2.44. The summed E-state index contributed by atoms with van der Waals surface area (Å²) in [4.78, 5) is 36.7. The second-order valence-electron chi connectivity index (χ2n) is 9.68. The van der Waals surface area contributed by atoms with Crippen LogP contribution in [0.15, 0.2) is 59.4 Å². The molecular weight excluding hydrogens is 503 g/mol. The van der Waals surface area contributed by atoms with E-state index in [1.54, 1.807) is 12.1 Å². The monoisotopic (exact) mass is 532 g/mol. The maximum atomic E-state index is 14.2. The fourth-order valence-corrected chi connectivity index (χ4v) is 4.94. The smallest absolute Gasteiger partial charge is 0.323 e. The van der Waals surface area contributed by atoms with E-state index in [1.807, 2.05) is 12.1 Å². The van der Waals surface area contributed by atoms with Crippen LogP contribution < -0.4 is 10.3 Å². The van der Waals surface area contributed by atoms with Crippen LogP contribution in [0.25, 0.3) is 33.7 Å². The molecule has 0 saturated carbocycles. The lowest BCUT2D eigenvalue weighted by atomic mass is 9.89. The molecule has 1 saturated heterocycles. The van der Waals surface area contributed by atoms with E-state index < -0.39 is 23.9 Å². The van der Waals surface area contributed by atoms with Crippen molar-refractivity contribution < 1.29 is 23.8 Å². The van der Waals surface area contributed by atoms with Gasteiger partial charge in [-0.05, 0) is 74.8 Å². The number of rotatable bonds is 8. The Labute approximate surface area is 224 Å². The van der Waals surface area contributed by atoms with Crippen molar-refractivity contribution >= 4 is 17.0 Å². The van der Waals surface area contributed by atoms with Crippen LogP contribution in [0.4, 0.5) is 4.39 Å². The van der Waals surface area contributed by atoms with Gasteiger partial charge >= 0.3 is 5.97 Å². The van der Waals surface area contributed by atoms with Crippen LogP contribution in [0.5, 0.6) is 5.75 Å². The number of likely N-dealkylation sites (tertiary alicyclic amines) is 1. The first kappa shape index (κ1) is 26.5. The molecule has 3 heterocycles. The minimum atomic E-state index is -1.25. The molecule has 1 aliphatic heterocycles. The van der Waals surface area contributed by atoms with Gasteiger partial charge in [0.05, 0.1) is 16.8 Å². The maximum Gasteiger partial charge on any atom is 0.323 e. The molecule has 2 aromatic heterocycles. The molecule has 10 heteroatoms. The summed E-state index contributed by atoms with van der Waals surface area (Å²) in [7, 11) is 3.57. The van der Waals surface area contributed by atoms with Crippen molar-refractivity contribution in [1.82, 2.24) is 19.4 Å². The highest BCUT2D eigenvalue weighted by molar-refractivity contribution is 5.81. The van der Waals surface area contributed by atoms with Gasteiger partial charge in [0.1, 0.15) is 23.9 Å². The topological polar surface area (TPSA) is 107 Å². The Morgan fingerprint density at radius 3 is 2.51 bits per heavy atom. The number of methoxy groups -OCH3 is 1. The largest absolute Gasteiger partial charge is 0.480 e. The molecule has 0 atom stereocenters. The number of pyridine rings is 1. The van der Waals surface area contributed by atoms with Gasteiger partial charge in [-0.1, -0.05) is 24.3 Å². The van der Waals surface area contributed by atoms with Crippen LogP contribution in [-0.2, 0) is 16.1 Å². The first-order valence-corrected chi connectivity index (χ1v) is 12.7. The number of hydrogen-bond acceptors (Lipinski definition) is 7. The fourth-order valence-electron chi connectivity index (χ4n) is 4.94. The molecule has 0 bridgehead atoms. The van der Waals surface area contributed by atoms with Crippen LogP contribution in [-0.4, -0.2) is 64.6 Å². The Balaban J connectivity index is 1.56. The first-order chi connectivity index (χ1) is 18.8. The van der Waals surface area contributed by atoms with E-state index in [0.717, 1.165) is 42.1 Å².